The summed E-state index contributed by atoms with van der Waals surface area (Å²) in [6.07, 6.45) is 2.71. The lowest BCUT2D eigenvalue weighted by atomic mass is 10.2. The van der Waals surface area contributed by atoms with Crippen LogP contribution in [0.5, 0.6) is 0 Å². The van der Waals surface area contributed by atoms with E-state index in [0.29, 0.717) is 32.0 Å². The highest BCUT2D eigenvalue weighted by Crippen LogP contribution is 2.24. The van der Waals surface area contributed by atoms with Gasteiger partial charge in [0.2, 0.25) is 0 Å². The van der Waals surface area contributed by atoms with Gasteiger partial charge in [-0.3, -0.25) is 9.20 Å². The van der Waals surface area contributed by atoms with Crippen LogP contribution in [0.15, 0.2) is 16.7 Å². The fraction of sp³-hybridized carbons (Fsp3) is 0.467. The predicted octanol–water partition coefficient (Wildman–Crippen LogP) is 2.44. The summed E-state index contributed by atoms with van der Waals surface area (Å²) < 4.78 is 8.15. The number of carbonyl (C=O) groups excluding carboxylic acids is 1. The largest absolute Gasteiger partial charge is 0.378 e. The van der Waals surface area contributed by atoms with E-state index in [1.54, 1.807) is 0 Å². The van der Waals surface area contributed by atoms with E-state index < -0.39 is 0 Å². The van der Waals surface area contributed by atoms with Gasteiger partial charge in [0.05, 0.1) is 23.4 Å². The zero-order valence-corrected chi connectivity index (χ0v) is 13.8. The minimum atomic E-state index is 0.0418. The summed E-state index contributed by atoms with van der Waals surface area (Å²) in [7, 11) is 0. The van der Waals surface area contributed by atoms with Gasteiger partial charge in [-0.05, 0) is 40.9 Å². The van der Waals surface area contributed by atoms with Gasteiger partial charge in [-0.2, -0.15) is 0 Å². The molecule has 0 N–H and O–H groups in total. The Labute approximate surface area is 132 Å². The van der Waals surface area contributed by atoms with Crippen LogP contribution < -0.4 is 0 Å². The maximum absolute atomic E-state index is 12.9. The molecule has 0 radical (unpaired) electrons. The Balaban J connectivity index is 2.13. The summed E-state index contributed by atoms with van der Waals surface area (Å²) in [6, 6.07) is 2.02. The van der Waals surface area contributed by atoms with E-state index in [1.807, 2.05) is 35.4 Å². The third kappa shape index (κ3) is 2.58. The van der Waals surface area contributed by atoms with Gasteiger partial charge >= 0.3 is 0 Å². The van der Waals surface area contributed by atoms with E-state index in [1.165, 1.54) is 0 Å². The van der Waals surface area contributed by atoms with Crippen molar-refractivity contribution < 1.29 is 9.53 Å². The SMILES string of the molecule is CCc1nc2c(Br)cc(C)cn2c1C(=O)N1CCOCC1. The summed E-state index contributed by atoms with van der Waals surface area (Å²) in [5.74, 6) is 0.0418. The Morgan fingerprint density at radius 3 is 2.81 bits per heavy atom. The Hall–Kier alpha value is -1.40. The molecule has 0 bridgehead atoms. The Morgan fingerprint density at radius 2 is 2.14 bits per heavy atom. The van der Waals surface area contributed by atoms with Gasteiger partial charge in [0, 0.05) is 19.3 Å². The minimum Gasteiger partial charge on any atom is -0.378 e. The van der Waals surface area contributed by atoms with E-state index in [4.69, 9.17) is 4.74 Å². The van der Waals surface area contributed by atoms with E-state index in [9.17, 15) is 4.79 Å². The lowest BCUT2D eigenvalue weighted by Gasteiger charge is -2.27. The van der Waals surface area contributed by atoms with Crippen LogP contribution in [0.4, 0.5) is 0 Å². The van der Waals surface area contributed by atoms with E-state index in [2.05, 4.69) is 20.9 Å². The Morgan fingerprint density at radius 1 is 1.43 bits per heavy atom. The summed E-state index contributed by atoms with van der Waals surface area (Å²) in [5, 5.41) is 0. The standard InChI is InChI=1S/C15H18BrN3O2/c1-3-12-13(15(20)18-4-6-21-7-5-18)19-9-10(2)8-11(16)14(19)17-12/h8-9H,3-7H2,1-2H3. The molecule has 0 unspecified atom stereocenters. The van der Waals surface area contributed by atoms with Gasteiger partial charge < -0.3 is 9.64 Å². The minimum absolute atomic E-state index is 0.0418. The number of aryl methyl sites for hydroxylation is 2. The molecule has 1 aliphatic heterocycles. The molecule has 3 heterocycles. The molecule has 112 valence electrons. The zero-order chi connectivity index (χ0) is 15.0. The van der Waals surface area contributed by atoms with Gasteiger partial charge in [0.1, 0.15) is 5.69 Å². The molecule has 21 heavy (non-hydrogen) atoms. The number of imidazole rings is 1. The van der Waals surface area contributed by atoms with Crippen molar-refractivity contribution in [3.05, 3.63) is 33.7 Å². The number of halogens is 1. The second-order valence-electron chi connectivity index (χ2n) is 5.22. The van der Waals surface area contributed by atoms with Crippen molar-refractivity contribution in [2.75, 3.05) is 26.3 Å². The predicted molar refractivity (Wildman–Crippen MR) is 83.7 cm³/mol. The van der Waals surface area contributed by atoms with E-state index in [0.717, 1.165) is 27.8 Å². The first-order chi connectivity index (χ1) is 10.1. The van der Waals surface area contributed by atoms with Crippen LogP contribution in [0.25, 0.3) is 5.65 Å². The van der Waals surface area contributed by atoms with Crippen LogP contribution in [0.2, 0.25) is 0 Å². The molecule has 0 atom stereocenters. The molecule has 0 saturated carbocycles. The van der Waals surface area contributed by atoms with Gasteiger partial charge in [0.15, 0.2) is 5.65 Å². The number of nitrogens with zero attached hydrogens (tertiary/aromatic N) is 3. The molecule has 0 spiro atoms. The summed E-state index contributed by atoms with van der Waals surface area (Å²) in [4.78, 5) is 19.3. The number of pyridine rings is 1. The second kappa shape index (κ2) is 5.77. The molecular weight excluding hydrogens is 334 g/mol. The zero-order valence-electron chi connectivity index (χ0n) is 12.2. The first kappa shape index (κ1) is 14.5. The number of hydrogen-bond donors (Lipinski definition) is 0. The number of hydrogen-bond acceptors (Lipinski definition) is 3. The number of rotatable bonds is 2. The first-order valence-electron chi connectivity index (χ1n) is 7.16. The number of amides is 1. The van der Waals surface area contributed by atoms with Crippen LogP contribution in [0.1, 0.15) is 28.7 Å². The summed E-state index contributed by atoms with van der Waals surface area (Å²) >= 11 is 3.54. The van der Waals surface area contributed by atoms with E-state index >= 15 is 0 Å². The van der Waals surface area contributed by atoms with Crippen molar-refractivity contribution >= 4 is 27.5 Å². The smallest absolute Gasteiger partial charge is 0.272 e. The van der Waals surface area contributed by atoms with Crippen molar-refractivity contribution in [3.8, 4) is 0 Å². The van der Waals surface area contributed by atoms with Gasteiger partial charge in [-0.15, -0.1) is 0 Å². The van der Waals surface area contributed by atoms with Gasteiger partial charge in [0.25, 0.3) is 5.91 Å². The Kier molecular flexibility index (Phi) is 3.99. The number of ether oxygens (including phenoxy) is 1. The highest BCUT2D eigenvalue weighted by molar-refractivity contribution is 9.10. The fourth-order valence-electron chi connectivity index (χ4n) is 2.67. The molecule has 5 nitrogen and oxygen atoms in total. The van der Waals surface area contributed by atoms with Crippen molar-refractivity contribution in [1.29, 1.82) is 0 Å². The summed E-state index contributed by atoms with van der Waals surface area (Å²) in [5.41, 5.74) is 3.41. The van der Waals surface area contributed by atoms with Crippen LogP contribution >= 0.6 is 15.9 Å². The Bertz CT molecular complexity index is 690. The molecule has 2 aromatic heterocycles. The maximum Gasteiger partial charge on any atom is 0.272 e. The molecule has 0 aliphatic carbocycles. The van der Waals surface area contributed by atoms with Crippen LogP contribution in [0.3, 0.4) is 0 Å². The lowest BCUT2D eigenvalue weighted by Crippen LogP contribution is -2.41. The molecule has 6 heteroatoms. The van der Waals surface area contributed by atoms with Crippen molar-refractivity contribution in [3.63, 3.8) is 0 Å². The molecule has 1 aliphatic rings. The molecule has 1 amide bonds. The number of morpholine rings is 1. The maximum atomic E-state index is 12.9. The average Bonchev–Trinajstić information content (AvgIpc) is 2.86. The average molecular weight is 352 g/mol. The quantitative estimate of drug-likeness (QED) is 0.834. The van der Waals surface area contributed by atoms with Gasteiger partial charge in [-0.1, -0.05) is 6.92 Å². The fourth-order valence-corrected chi connectivity index (χ4v) is 3.31. The third-order valence-electron chi connectivity index (χ3n) is 3.72. The van der Waals surface area contributed by atoms with E-state index in [-0.39, 0.29) is 5.91 Å². The highest BCUT2D eigenvalue weighted by atomic mass is 79.9. The van der Waals surface area contributed by atoms with Crippen molar-refractivity contribution in [1.82, 2.24) is 14.3 Å². The number of carbonyl (C=O) groups is 1. The van der Waals surface area contributed by atoms with Crippen LogP contribution in [-0.4, -0.2) is 46.5 Å². The molecular formula is C15H18BrN3O2. The molecule has 2 aromatic rings. The molecule has 1 saturated heterocycles. The number of fused-ring (bicyclic) bond motifs is 1. The molecule has 0 aromatic carbocycles. The topological polar surface area (TPSA) is 46.8 Å². The van der Waals surface area contributed by atoms with Crippen LogP contribution in [-0.2, 0) is 11.2 Å². The third-order valence-corrected chi connectivity index (χ3v) is 4.30. The monoisotopic (exact) mass is 351 g/mol. The highest BCUT2D eigenvalue weighted by Gasteiger charge is 2.25. The van der Waals surface area contributed by atoms with Gasteiger partial charge in [-0.25, -0.2) is 4.98 Å². The molecule has 3 rings (SSSR count). The number of aromatic nitrogens is 2. The van der Waals surface area contributed by atoms with Crippen molar-refractivity contribution in [2.24, 2.45) is 0 Å². The van der Waals surface area contributed by atoms with Crippen molar-refractivity contribution in [2.45, 2.75) is 20.3 Å². The first-order valence-corrected chi connectivity index (χ1v) is 7.95. The van der Waals surface area contributed by atoms with Crippen LogP contribution in [0, 0.1) is 6.92 Å². The normalized spacial score (nSPS) is 15.7. The molecule has 1 fully saturated rings. The summed E-state index contributed by atoms with van der Waals surface area (Å²) in [6.45, 7) is 6.53. The lowest BCUT2D eigenvalue weighted by molar-refractivity contribution is 0.0297. The second-order valence-corrected chi connectivity index (χ2v) is 6.08.